The molecule has 0 fully saturated rings. The molecule has 0 bridgehead atoms. The molecule has 0 aromatic rings. The highest BCUT2D eigenvalue weighted by atomic mass is 15.2. The molecule has 2 N–H and O–H groups in total. The molecule has 0 aromatic carbocycles. The molecule has 0 amide bonds. The minimum atomic E-state index is 0.505. The predicted molar refractivity (Wildman–Crippen MR) is 66.9 cm³/mol. The molecule has 1 aliphatic rings. The molecule has 15 heavy (non-hydrogen) atoms. The van der Waals surface area contributed by atoms with Crippen molar-refractivity contribution in [2.24, 2.45) is 5.73 Å². The van der Waals surface area contributed by atoms with Crippen LogP contribution in [0.2, 0.25) is 0 Å². The van der Waals surface area contributed by atoms with E-state index >= 15 is 0 Å². The van der Waals surface area contributed by atoms with Gasteiger partial charge in [-0.3, -0.25) is 4.90 Å². The predicted octanol–water partition coefficient (Wildman–Crippen LogP) is 2.55. The van der Waals surface area contributed by atoms with E-state index in [9.17, 15) is 0 Å². The van der Waals surface area contributed by atoms with Crippen molar-refractivity contribution >= 4 is 0 Å². The molecule has 0 aliphatic carbocycles. The first-order valence-corrected chi connectivity index (χ1v) is 6.49. The summed E-state index contributed by atoms with van der Waals surface area (Å²) in [6.45, 7) is 5.47. The Hall–Kier alpha value is -0.340. The Balaban J connectivity index is 2.11. The van der Waals surface area contributed by atoms with Crippen LogP contribution >= 0.6 is 0 Å². The van der Waals surface area contributed by atoms with Gasteiger partial charge in [0.05, 0.1) is 0 Å². The van der Waals surface area contributed by atoms with Crippen LogP contribution in [-0.4, -0.2) is 30.6 Å². The van der Waals surface area contributed by atoms with Crippen LogP contribution in [0.25, 0.3) is 0 Å². The quantitative estimate of drug-likeness (QED) is 0.517. The fraction of sp³-hybridized carbons (Fsp3) is 0.846. The van der Waals surface area contributed by atoms with Gasteiger partial charge in [-0.15, -0.1) is 0 Å². The van der Waals surface area contributed by atoms with Crippen molar-refractivity contribution in [3.05, 3.63) is 12.2 Å². The third-order valence-corrected chi connectivity index (χ3v) is 3.20. The van der Waals surface area contributed by atoms with Crippen LogP contribution in [0.5, 0.6) is 0 Å². The maximum absolute atomic E-state index is 5.75. The molecular formula is C13H26N2. The van der Waals surface area contributed by atoms with E-state index in [0.717, 1.165) is 6.54 Å². The number of hydrogen-bond acceptors (Lipinski definition) is 2. The molecule has 0 radical (unpaired) electrons. The summed E-state index contributed by atoms with van der Waals surface area (Å²) in [6.07, 6.45) is 12.6. The topological polar surface area (TPSA) is 29.3 Å². The monoisotopic (exact) mass is 210 g/mol. The van der Waals surface area contributed by atoms with Crippen molar-refractivity contribution in [1.29, 1.82) is 0 Å². The Labute approximate surface area is 94.5 Å². The number of nitrogens with two attached hydrogens (primary N) is 1. The largest absolute Gasteiger partial charge is 0.329 e. The third-order valence-electron chi connectivity index (χ3n) is 3.20. The summed E-state index contributed by atoms with van der Waals surface area (Å²) >= 11 is 0. The molecule has 2 heteroatoms. The maximum Gasteiger partial charge on any atom is 0.0401 e. The van der Waals surface area contributed by atoms with Crippen LogP contribution in [0, 0.1) is 0 Å². The van der Waals surface area contributed by atoms with Crippen LogP contribution in [0.4, 0.5) is 0 Å². The summed E-state index contributed by atoms with van der Waals surface area (Å²) < 4.78 is 0. The molecule has 1 heterocycles. The normalized spacial score (nSPS) is 22.1. The van der Waals surface area contributed by atoms with Gasteiger partial charge in [0.1, 0.15) is 0 Å². The van der Waals surface area contributed by atoms with Crippen LogP contribution in [0.3, 0.4) is 0 Å². The second kappa shape index (κ2) is 7.89. The van der Waals surface area contributed by atoms with Gasteiger partial charge >= 0.3 is 0 Å². The third kappa shape index (κ3) is 4.80. The van der Waals surface area contributed by atoms with Gasteiger partial charge in [0.15, 0.2) is 0 Å². The molecule has 0 aromatic heterocycles. The lowest BCUT2D eigenvalue weighted by Gasteiger charge is -2.31. The highest BCUT2D eigenvalue weighted by Crippen LogP contribution is 2.11. The van der Waals surface area contributed by atoms with Gasteiger partial charge in [-0.05, 0) is 19.4 Å². The van der Waals surface area contributed by atoms with E-state index in [2.05, 4.69) is 24.0 Å². The summed E-state index contributed by atoms with van der Waals surface area (Å²) in [5, 5.41) is 0. The molecule has 1 atom stereocenters. The molecule has 1 aliphatic heterocycles. The molecule has 0 spiro atoms. The minimum absolute atomic E-state index is 0.505. The van der Waals surface area contributed by atoms with Gasteiger partial charge < -0.3 is 5.73 Å². The van der Waals surface area contributed by atoms with Crippen molar-refractivity contribution in [2.75, 3.05) is 19.6 Å². The van der Waals surface area contributed by atoms with E-state index in [1.165, 1.54) is 51.6 Å². The van der Waals surface area contributed by atoms with Crippen molar-refractivity contribution in [3.63, 3.8) is 0 Å². The Bertz CT molecular complexity index is 177. The van der Waals surface area contributed by atoms with Crippen molar-refractivity contribution in [3.8, 4) is 0 Å². The first kappa shape index (κ1) is 12.7. The van der Waals surface area contributed by atoms with Gasteiger partial charge in [-0.2, -0.15) is 0 Å². The Kier molecular flexibility index (Phi) is 6.69. The second-order valence-electron chi connectivity index (χ2n) is 4.47. The van der Waals surface area contributed by atoms with Crippen LogP contribution in [0.15, 0.2) is 12.2 Å². The second-order valence-corrected chi connectivity index (χ2v) is 4.47. The van der Waals surface area contributed by atoms with Gasteiger partial charge in [0, 0.05) is 19.1 Å². The van der Waals surface area contributed by atoms with E-state index in [0.29, 0.717) is 6.04 Å². The number of hydrogen-bond donors (Lipinski definition) is 1. The van der Waals surface area contributed by atoms with E-state index in [1.807, 2.05) is 0 Å². The lowest BCUT2D eigenvalue weighted by Crippen LogP contribution is -2.42. The molecule has 88 valence electrons. The van der Waals surface area contributed by atoms with E-state index in [4.69, 9.17) is 5.73 Å². The van der Waals surface area contributed by atoms with Crippen molar-refractivity contribution in [2.45, 2.75) is 51.5 Å². The lowest BCUT2D eigenvalue weighted by atomic mass is 10.1. The Morgan fingerprint density at radius 3 is 2.80 bits per heavy atom. The van der Waals surface area contributed by atoms with Crippen LogP contribution < -0.4 is 5.73 Å². The summed E-state index contributed by atoms with van der Waals surface area (Å²) in [5.41, 5.74) is 5.75. The molecule has 0 saturated heterocycles. The average molecular weight is 210 g/mol. The molecule has 1 unspecified atom stereocenters. The first-order chi connectivity index (χ1) is 7.38. The lowest BCUT2D eigenvalue weighted by molar-refractivity contribution is 0.222. The fourth-order valence-corrected chi connectivity index (χ4v) is 2.20. The zero-order chi connectivity index (χ0) is 10.9. The van der Waals surface area contributed by atoms with Crippen LogP contribution in [0.1, 0.15) is 45.4 Å². The van der Waals surface area contributed by atoms with E-state index in [1.54, 1.807) is 0 Å². The van der Waals surface area contributed by atoms with E-state index < -0.39 is 0 Å². The summed E-state index contributed by atoms with van der Waals surface area (Å²) in [6, 6.07) is 0.505. The Morgan fingerprint density at radius 1 is 1.27 bits per heavy atom. The highest BCUT2D eigenvalue weighted by molar-refractivity contribution is 4.99. The smallest absolute Gasteiger partial charge is 0.0401 e. The van der Waals surface area contributed by atoms with Gasteiger partial charge in [0.2, 0.25) is 0 Å². The highest BCUT2D eigenvalue weighted by Gasteiger charge is 2.15. The van der Waals surface area contributed by atoms with Crippen molar-refractivity contribution in [1.82, 2.24) is 4.90 Å². The average Bonchev–Trinajstić information content (AvgIpc) is 2.29. The fourth-order valence-electron chi connectivity index (χ4n) is 2.20. The first-order valence-electron chi connectivity index (χ1n) is 6.49. The summed E-state index contributed by atoms with van der Waals surface area (Å²) in [7, 11) is 0. The molecule has 1 rings (SSSR count). The number of unbranched alkanes of at least 4 members (excludes halogenated alkanes) is 4. The van der Waals surface area contributed by atoms with Gasteiger partial charge in [-0.1, -0.05) is 44.8 Å². The van der Waals surface area contributed by atoms with Crippen LogP contribution in [-0.2, 0) is 0 Å². The summed E-state index contributed by atoms with van der Waals surface area (Å²) in [5.74, 6) is 0. The SMILES string of the molecule is CCCCCCCN1CCC=CC1CN. The molecular weight excluding hydrogens is 184 g/mol. The summed E-state index contributed by atoms with van der Waals surface area (Å²) in [4.78, 5) is 2.53. The Morgan fingerprint density at radius 2 is 2.07 bits per heavy atom. The number of rotatable bonds is 7. The zero-order valence-electron chi connectivity index (χ0n) is 10.1. The number of nitrogens with zero attached hydrogens (tertiary/aromatic N) is 1. The zero-order valence-corrected chi connectivity index (χ0v) is 10.1. The van der Waals surface area contributed by atoms with E-state index in [-0.39, 0.29) is 0 Å². The van der Waals surface area contributed by atoms with Crippen molar-refractivity contribution < 1.29 is 0 Å². The standard InChI is InChI=1S/C13H26N2/c1-2-3-4-5-7-10-15-11-8-6-9-13(15)12-14/h6,9,13H,2-5,7-8,10-12,14H2,1H3. The van der Waals surface area contributed by atoms with Gasteiger partial charge in [-0.25, -0.2) is 0 Å². The molecule has 0 saturated carbocycles. The molecule has 2 nitrogen and oxygen atoms in total. The van der Waals surface area contributed by atoms with Gasteiger partial charge in [0.25, 0.3) is 0 Å². The minimum Gasteiger partial charge on any atom is -0.329 e. The maximum atomic E-state index is 5.75.